The first-order valence-corrected chi connectivity index (χ1v) is 7.36. The minimum Gasteiger partial charge on any atom is -0.490 e. The van der Waals surface area contributed by atoms with Gasteiger partial charge >= 0.3 is 5.97 Å². The third-order valence-electron chi connectivity index (χ3n) is 3.45. The first kappa shape index (κ1) is 15.1. The first-order chi connectivity index (χ1) is 11.1. The normalized spacial score (nSPS) is 13.1. The molecule has 118 valence electrons. The number of fused-ring (bicyclic) bond motifs is 1. The van der Waals surface area contributed by atoms with E-state index in [9.17, 15) is 9.59 Å². The second-order valence-electron chi connectivity index (χ2n) is 5.18. The Hall–Kier alpha value is -2.82. The highest BCUT2D eigenvalue weighted by atomic mass is 16.5. The number of Topliss-reactive ketones (excluding diaryl/α,β-unsaturated/α-hetero) is 1. The van der Waals surface area contributed by atoms with E-state index in [0.717, 1.165) is 6.42 Å². The molecule has 23 heavy (non-hydrogen) atoms. The van der Waals surface area contributed by atoms with Crippen LogP contribution in [0.15, 0.2) is 42.5 Å². The molecule has 0 aliphatic carbocycles. The summed E-state index contributed by atoms with van der Waals surface area (Å²) in [6.07, 6.45) is 0.803. The average molecular weight is 312 g/mol. The Morgan fingerprint density at radius 3 is 2.26 bits per heavy atom. The fourth-order valence-electron chi connectivity index (χ4n) is 2.21. The predicted octanol–water partition coefficient (Wildman–Crippen LogP) is 3.27. The summed E-state index contributed by atoms with van der Waals surface area (Å²) in [5, 5.41) is 0. The Morgan fingerprint density at radius 1 is 0.913 bits per heavy atom. The highest BCUT2D eigenvalue weighted by Gasteiger charge is 2.15. The monoisotopic (exact) mass is 312 g/mol. The Bertz CT molecular complexity index is 734. The van der Waals surface area contributed by atoms with Crippen molar-refractivity contribution in [3.63, 3.8) is 0 Å². The fraction of sp³-hybridized carbons (Fsp3) is 0.222. The van der Waals surface area contributed by atoms with Crippen molar-refractivity contribution in [2.45, 2.75) is 13.3 Å². The molecular weight excluding hydrogens is 296 g/mol. The van der Waals surface area contributed by atoms with Crippen molar-refractivity contribution in [3.05, 3.63) is 53.6 Å². The molecule has 0 N–H and O–H groups in total. The van der Waals surface area contributed by atoms with Crippen molar-refractivity contribution in [1.29, 1.82) is 0 Å². The third-order valence-corrected chi connectivity index (χ3v) is 3.45. The lowest BCUT2D eigenvalue weighted by Gasteiger charge is -2.09. The molecule has 1 heterocycles. The van der Waals surface area contributed by atoms with E-state index in [2.05, 4.69) is 0 Å². The van der Waals surface area contributed by atoms with Gasteiger partial charge in [0.25, 0.3) is 0 Å². The van der Waals surface area contributed by atoms with Crippen LogP contribution in [0.25, 0.3) is 0 Å². The van der Waals surface area contributed by atoms with Crippen molar-refractivity contribution in [1.82, 2.24) is 0 Å². The van der Waals surface area contributed by atoms with Crippen molar-refractivity contribution in [3.8, 4) is 17.2 Å². The highest BCUT2D eigenvalue weighted by molar-refractivity contribution is 5.94. The number of rotatable bonds is 3. The maximum atomic E-state index is 12.2. The van der Waals surface area contributed by atoms with Crippen molar-refractivity contribution >= 4 is 11.8 Å². The molecule has 0 spiro atoms. The number of hydrogen-bond acceptors (Lipinski definition) is 5. The first-order valence-electron chi connectivity index (χ1n) is 7.36. The summed E-state index contributed by atoms with van der Waals surface area (Å²) in [4.78, 5) is 23.5. The molecule has 0 radical (unpaired) electrons. The highest BCUT2D eigenvalue weighted by Crippen LogP contribution is 2.30. The lowest BCUT2D eigenvalue weighted by Crippen LogP contribution is -2.09. The molecule has 0 bridgehead atoms. The van der Waals surface area contributed by atoms with Crippen LogP contribution in [-0.4, -0.2) is 25.0 Å². The molecule has 2 aromatic carbocycles. The molecule has 5 heteroatoms. The number of hydrogen-bond donors (Lipinski definition) is 0. The minimum absolute atomic E-state index is 0.0363. The summed E-state index contributed by atoms with van der Waals surface area (Å²) < 4.78 is 16.4. The summed E-state index contributed by atoms with van der Waals surface area (Å²) in [7, 11) is 0. The number of carbonyl (C=O) groups excluding carboxylic acids is 2. The second kappa shape index (κ2) is 6.52. The number of carbonyl (C=O) groups is 2. The zero-order valence-electron chi connectivity index (χ0n) is 12.7. The Labute approximate surface area is 133 Å². The van der Waals surface area contributed by atoms with Gasteiger partial charge < -0.3 is 14.2 Å². The molecule has 0 fully saturated rings. The number of ketones is 1. The maximum Gasteiger partial charge on any atom is 0.343 e. The number of esters is 1. The summed E-state index contributed by atoms with van der Waals surface area (Å²) in [6.45, 7) is 2.63. The molecule has 1 aliphatic heterocycles. The minimum atomic E-state index is -0.490. The van der Waals surface area contributed by atoms with Gasteiger partial charge in [-0.15, -0.1) is 0 Å². The summed E-state index contributed by atoms with van der Waals surface area (Å²) in [5.74, 6) is 1.03. The van der Waals surface area contributed by atoms with E-state index in [-0.39, 0.29) is 5.78 Å². The van der Waals surface area contributed by atoms with Crippen LogP contribution in [0.4, 0.5) is 0 Å². The molecule has 0 amide bonds. The van der Waals surface area contributed by atoms with Crippen LogP contribution < -0.4 is 14.2 Å². The van der Waals surface area contributed by atoms with E-state index in [1.54, 1.807) is 42.5 Å². The third kappa shape index (κ3) is 3.51. The van der Waals surface area contributed by atoms with Crippen molar-refractivity contribution in [2.75, 3.05) is 13.2 Å². The molecule has 0 saturated carbocycles. The van der Waals surface area contributed by atoms with E-state index in [4.69, 9.17) is 14.2 Å². The topological polar surface area (TPSA) is 61.8 Å². The van der Waals surface area contributed by atoms with Gasteiger partial charge in [0.1, 0.15) is 5.75 Å². The van der Waals surface area contributed by atoms with Gasteiger partial charge in [0.05, 0.1) is 18.8 Å². The smallest absolute Gasteiger partial charge is 0.343 e. The second-order valence-corrected chi connectivity index (χ2v) is 5.18. The lowest BCUT2D eigenvalue weighted by atomic mass is 10.1. The van der Waals surface area contributed by atoms with E-state index in [1.807, 2.05) is 0 Å². The largest absolute Gasteiger partial charge is 0.490 e. The van der Waals surface area contributed by atoms with Gasteiger partial charge in [-0.05, 0) is 49.4 Å². The SMILES string of the molecule is CC(=O)c1ccc(OC(=O)c2ccc3c(c2)OCCCO3)cc1. The van der Waals surface area contributed by atoms with Crippen LogP contribution in [-0.2, 0) is 0 Å². The molecule has 1 aliphatic rings. The lowest BCUT2D eigenvalue weighted by molar-refractivity contribution is 0.0734. The van der Waals surface area contributed by atoms with Gasteiger partial charge in [0.15, 0.2) is 17.3 Å². The van der Waals surface area contributed by atoms with E-state index in [0.29, 0.717) is 41.6 Å². The molecule has 0 atom stereocenters. The van der Waals surface area contributed by atoms with Crippen molar-refractivity contribution < 1.29 is 23.8 Å². The standard InChI is InChI=1S/C18H16O5/c1-12(19)13-3-6-15(7-4-13)23-18(20)14-5-8-16-17(11-14)22-10-2-9-21-16/h3-8,11H,2,9-10H2,1H3. The van der Waals surface area contributed by atoms with Crippen LogP contribution in [0.1, 0.15) is 34.1 Å². The van der Waals surface area contributed by atoms with Gasteiger partial charge in [-0.1, -0.05) is 0 Å². The molecule has 5 nitrogen and oxygen atoms in total. The van der Waals surface area contributed by atoms with Crippen LogP contribution in [0, 0.1) is 0 Å². The molecule has 0 aromatic heterocycles. The quantitative estimate of drug-likeness (QED) is 0.494. The van der Waals surface area contributed by atoms with Crippen LogP contribution in [0.3, 0.4) is 0 Å². The van der Waals surface area contributed by atoms with Gasteiger partial charge in [-0.25, -0.2) is 4.79 Å². The van der Waals surface area contributed by atoms with E-state index >= 15 is 0 Å². The van der Waals surface area contributed by atoms with Gasteiger partial charge in [-0.2, -0.15) is 0 Å². The average Bonchev–Trinajstić information content (AvgIpc) is 2.79. The fourth-order valence-corrected chi connectivity index (χ4v) is 2.21. The van der Waals surface area contributed by atoms with Crippen LogP contribution >= 0.6 is 0 Å². The van der Waals surface area contributed by atoms with Crippen LogP contribution in [0.5, 0.6) is 17.2 Å². The Balaban J connectivity index is 1.75. The van der Waals surface area contributed by atoms with Gasteiger partial charge in [0, 0.05) is 12.0 Å². The Kier molecular flexibility index (Phi) is 4.28. The zero-order chi connectivity index (χ0) is 16.2. The summed E-state index contributed by atoms with van der Waals surface area (Å²) >= 11 is 0. The zero-order valence-corrected chi connectivity index (χ0v) is 12.7. The molecule has 2 aromatic rings. The maximum absolute atomic E-state index is 12.2. The molecule has 3 rings (SSSR count). The predicted molar refractivity (Wildman–Crippen MR) is 83.5 cm³/mol. The van der Waals surface area contributed by atoms with Crippen LogP contribution in [0.2, 0.25) is 0 Å². The van der Waals surface area contributed by atoms with Gasteiger partial charge in [0.2, 0.25) is 0 Å². The number of benzene rings is 2. The van der Waals surface area contributed by atoms with E-state index < -0.39 is 5.97 Å². The summed E-state index contributed by atoms with van der Waals surface area (Å²) in [5.41, 5.74) is 0.949. The molecule has 0 unspecified atom stereocenters. The van der Waals surface area contributed by atoms with Crippen molar-refractivity contribution in [2.24, 2.45) is 0 Å². The molecular formula is C18H16O5. The number of ether oxygens (including phenoxy) is 3. The molecule has 0 saturated heterocycles. The Morgan fingerprint density at radius 2 is 1.57 bits per heavy atom. The van der Waals surface area contributed by atoms with Gasteiger partial charge in [-0.3, -0.25) is 4.79 Å². The summed E-state index contributed by atoms with van der Waals surface area (Å²) in [6, 6.07) is 11.4. The van der Waals surface area contributed by atoms with E-state index in [1.165, 1.54) is 6.92 Å².